The van der Waals surface area contributed by atoms with Crippen LogP contribution >= 0.6 is 11.6 Å². The number of rotatable bonds is 6. The van der Waals surface area contributed by atoms with Gasteiger partial charge in [-0.2, -0.15) is 0 Å². The first kappa shape index (κ1) is 16.8. The quantitative estimate of drug-likeness (QED) is 0.425. The molecule has 5 nitrogen and oxygen atoms in total. The summed E-state index contributed by atoms with van der Waals surface area (Å²) in [7, 11) is 0. The Morgan fingerprint density at radius 3 is 2.28 bits per heavy atom. The summed E-state index contributed by atoms with van der Waals surface area (Å²) >= 11 is 5.83. The van der Waals surface area contributed by atoms with Crippen molar-refractivity contribution in [2.24, 2.45) is 0 Å². The zero-order valence-corrected chi connectivity index (χ0v) is 13.8. The summed E-state index contributed by atoms with van der Waals surface area (Å²) in [6.45, 7) is 0.365. The van der Waals surface area contributed by atoms with Gasteiger partial charge in [0.2, 0.25) is 5.75 Å². The molecule has 0 aromatic heterocycles. The van der Waals surface area contributed by atoms with E-state index >= 15 is 0 Å². The van der Waals surface area contributed by atoms with Crippen molar-refractivity contribution in [3.63, 3.8) is 0 Å². The van der Waals surface area contributed by atoms with Gasteiger partial charge in [-0.3, -0.25) is 10.1 Å². The minimum Gasteiger partial charge on any atom is -0.485 e. The molecule has 25 heavy (non-hydrogen) atoms. The van der Waals surface area contributed by atoms with Crippen LogP contribution in [0.1, 0.15) is 5.56 Å². The molecule has 0 saturated carbocycles. The molecule has 3 aromatic carbocycles. The fraction of sp³-hybridized carbons (Fsp3) is 0.0526. The number of halogens is 1. The zero-order valence-electron chi connectivity index (χ0n) is 13.1. The molecule has 0 atom stereocenters. The van der Waals surface area contributed by atoms with Gasteiger partial charge in [-0.15, -0.1) is 0 Å². The molecule has 0 spiro atoms. The van der Waals surface area contributed by atoms with Crippen molar-refractivity contribution in [1.82, 2.24) is 0 Å². The molecule has 0 aliphatic rings. The lowest BCUT2D eigenvalue weighted by Crippen LogP contribution is -1.98. The molecule has 6 heteroatoms. The van der Waals surface area contributed by atoms with Crippen molar-refractivity contribution in [2.45, 2.75) is 6.61 Å². The van der Waals surface area contributed by atoms with Gasteiger partial charge >= 0.3 is 5.69 Å². The summed E-state index contributed by atoms with van der Waals surface area (Å²) in [4.78, 5) is 10.7. The lowest BCUT2D eigenvalue weighted by atomic mass is 10.2. The van der Waals surface area contributed by atoms with Gasteiger partial charge in [0.1, 0.15) is 6.61 Å². The summed E-state index contributed by atoms with van der Waals surface area (Å²) < 4.78 is 11.5. The lowest BCUT2D eigenvalue weighted by molar-refractivity contribution is -0.385. The van der Waals surface area contributed by atoms with Crippen molar-refractivity contribution in [3.8, 4) is 17.2 Å². The van der Waals surface area contributed by atoms with Gasteiger partial charge in [-0.1, -0.05) is 54.1 Å². The summed E-state index contributed by atoms with van der Waals surface area (Å²) in [5.74, 6) is 0.990. The number of nitrogens with zero attached hydrogens (tertiary/aromatic N) is 1. The smallest absolute Gasteiger partial charge is 0.313 e. The second-order valence-electron chi connectivity index (χ2n) is 5.19. The van der Waals surface area contributed by atoms with Gasteiger partial charge in [0.25, 0.3) is 0 Å². The SMILES string of the molecule is O=[N+]([O-])c1cc(Cl)ccc1Oc1ccccc1OCc1ccccc1. The maximum atomic E-state index is 11.2. The van der Waals surface area contributed by atoms with E-state index in [1.165, 1.54) is 18.2 Å². The molecule has 0 radical (unpaired) electrons. The van der Waals surface area contributed by atoms with Crippen LogP contribution in [0.2, 0.25) is 5.02 Å². The van der Waals surface area contributed by atoms with Crippen molar-refractivity contribution < 1.29 is 14.4 Å². The predicted molar refractivity (Wildman–Crippen MR) is 95.4 cm³/mol. The third-order valence-corrected chi connectivity index (χ3v) is 3.66. The van der Waals surface area contributed by atoms with Gasteiger partial charge in [0.15, 0.2) is 11.5 Å². The highest BCUT2D eigenvalue weighted by atomic mass is 35.5. The summed E-state index contributed by atoms with van der Waals surface area (Å²) in [6, 6.07) is 21.0. The second kappa shape index (κ2) is 7.68. The molecule has 0 bridgehead atoms. The first-order valence-electron chi connectivity index (χ1n) is 7.51. The molecule has 126 valence electrons. The lowest BCUT2D eigenvalue weighted by Gasteiger charge is -2.12. The van der Waals surface area contributed by atoms with Crippen LogP contribution in [0.4, 0.5) is 5.69 Å². The van der Waals surface area contributed by atoms with E-state index in [-0.39, 0.29) is 16.5 Å². The fourth-order valence-corrected chi connectivity index (χ4v) is 2.39. The topological polar surface area (TPSA) is 61.6 Å². The Balaban J connectivity index is 1.83. The normalized spacial score (nSPS) is 10.3. The molecule has 0 saturated heterocycles. The van der Waals surface area contributed by atoms with E-state index in [1.54, 1.807) is 18.2 Å². The van der Waals surface area contributed by atoms with Crippen molar-refractivity contribution in [2.75, 3.05) is 0 Å². The highest BCUT2D eigenvalue weighted by Crippen LogP contribution is 2.37. The van der Waals surface area contributed by atoms with Crippen LogP contribution < -0.4 is 9.47 Å². The van der Waals surface area contributed by atoms with Gasteiger partial charge in [0, 0.05) is 11.1 Å². The van der Waals surface area contributed by atoms with Gasteiger partial charge in [-0.25, -0.2) is 0 Å². The molecule has 0 aliphatic heterocycles. The molecular weight excluding hydrogens is 342 g/mol. The van der Waals surface area contributed by atoms with Crippen LogP contribution in [0.15, 0.2) is 72.8 Å². The van der Waals surface area contributed by atoms with Gasteiger partial charge in [-0.05, 0) is 29.8 Å². The first-order valence-corrected chi connectivity index (χ1v) is 7.89. The predicted octanol–water partition coefficient (Wildman–Crippen LogP) is 5.62. The summed E-state index contributed by atoms with van der Waals surface area (Å²) in [5, 5.41) is 11.5. The van der Waals surface area contributed by atoms with Crippen LogP contribution in [0.5, 0.6) is 17.2 Å². The average molecular weight is 356 g/mol. The van der Waals surface area contributed by atoms with Crippen LogP contribution in [-0.4, -0.2) is 4.92 Å². The first-order chi connectivity index (χ1) is 12.1. The fourth-order valence-electron chi connectivity index (χ4n) is 2.23. The van der Waals surface area contributed by atoms with Crippen LogP contribution in [0.3, 0.4) is 0 Å². The van der Waals surface area contributed by atoms with E-state index in [2.05, 4.69) is 0 Å². The van der Waals surface area contributed by atoms with Gasteiger partial charge in [0.05, 0.1) is 4.92 Å². The molecule has 0 unspecified atom stereocenters. The molecule has 3 rings (SSSR count). The van der Waals surface area contributed by atoms with E-state index in [0.717, 1.165) is 5.56 Å². The third kappa shape index (κ3) is 4.28. The van der Waals surface area contributed by atoms with E-state index in [0.29, 0.717) is 18.1 Å². The highest BCUT2D eigenvalue weighted by Gasteiger charge is 2.18. The molecule has 0 heterocycles. The Kier molecular flexibility index (Phi) is 5.16. The van der Waals surface area contributed by atoms with Crippen LogP contribution in [0, 0.1) is 10.1 Å². The summed E-state index contributed by atoms with van der Waals surface area (Å²) in [6.07, 6.45) is 0. The van der Waals surface area contributed by atoms with Crippen LogP contribution in [-0.2, 0) is 6.61 Å². The van der Waals surface area contributed by atoms with Gasteiger partial charge < -0.3 is 9.47 Å². The molecule has 3 aromatic rings. The van der Waals surface area contributed by atoms with Crippen molar-refractivity contribution in [3.05, 3.63) is 93.5 Å². The standard InChI is InChI=1S/C19H14ClNO4/c20-15-10-11-17(16(12-15)21(22)23)25-19-9-5-4-8-18(19)24-13-14-6-2-1-3-7-14/h1-12H,13H2. The number of nitro benzene ring substituents is 1. The second-order valence-corrected chi connectivity index (χ2v) is 5.63. The van der Waals surface area contributed by atoms with E-state index in [9.17, 15) is 10.1 Å². The Morgan fingerprint density at radius 2 is 1.56 bits per heavy atom. The minimum absolute atomic E-state index is 0.102. The zero-order chi connectivity index (χ0) is 17.6. The Hall–Kier alpha value is -3.05. The number of para-hydroxylation sites is 2. The monoisotopic (exact) mass is 355 g/mol. The summed E-state index contributed by atoms with van der Waals surface area (Å²) in [5.41, 5.74) is 0.806. The third-order valence-electron chi connectivity index (χ3n) is 3.42. The van der Waals surface area contributed by atoms with E-state index < -0.39 is 4.92 Å². The molecule has 0 N–H and O–H groups in total. The van der Waals surface area contributed by atoms with Crippen molar-refractivity contribution in [1.29, 1.82) is 0 Å². The number of hydrogen-bond donors (Lipinski definition) is 0. The molecule has 0 aliphatic carbocycles. The Morgan fingerprint density at radius 1 is 0.880 bits per heavy atom. The number of benzene rings is 3. The van der Waals surface area contributed by atoms with E-state index in [4.69, 9.17) is 21.1 Å². The molecule has 0 fully saturated rings. The molecular formula is C19H14ClNO4. The number of nitro groups is 1. The van der Waals surface area contributed by atoms with Crippen LogP contribution in [0.25, 0.3) is 0 Å². The average Bonchev–Trinajstić information content (AvgIpc) is 2.63. The maximum Gasteiger partial charge on any atom is 0.313 e. The number of hydrogen-bond acceptors (Lipinski definition) is 4. The van der Waals surface area contributed by atoms with Crippen molar-refractivity contribution >= 4 is 17.3 Å². The Bertz CT molecular complexity index is 884. The largest absolute Gasteiger partial charge is 0.485 e. The molecule has 0 amide bonds. The number of ether oxygens (including phenoxy) is 2. The Labute approximate surface area is 149 Å². The highest BCUT2D eigenvalue weighted by molar-refractivity contribution is 6.30. The van der Waals surface area contributed by atoms with E-state index in [1.807, 2.05) is 36.4 Å². The maximum absolute atomic E-state index is 11.2. The minimum atomic E-state index is -0.533.